The van der Waals surface area contributed by atoms with Crippen LogP contribution in [0.3, 0.4) is 0 Å². The molecule has 1 saturated heterocycles. The summed E-state index contributed by atoms with van der Waals surface area (Å²) in [5.41, 5.74) is 0.747. The molecule has 1 fully saturated rings. The van der Waals surface area contributed by atoms with E-state index < -0.39 is 5.82 Å². The fraction of sp³-hybridized carbons (Fsp3) is 0.500. The first kappa shape index (κ1) is 15.5. The van der Waals surface area contributed by atoms with Gasteiger partial charge in [-0.3, -0.25) is 4.79 Å². The van der Waals surface area contributed by atoms with Gasteiger partial charge >= 0.3 is 0 Å². The van der Waals surface area contributed by atoms with E-state index in [9.17, 15) is 9.18 Å². The second-order valence-corrected chi connectivity index (χ2v) is 5.39. The largest absolute Gasteiger partial charge is 0.339 e. The third-order valence-corrected chi connectivity index (χ3v) is 3.90. The highest BCUT2D eigenvalue weighted by Crippen LogP contribution is 2.17. The third kappa shape index (κ3) is 4.02. The lowest BCUT2D eigenvalue weighted by atomic mass is 10.0. The molecule has 1 N–H and O–H groups in total. The van der Waals surface area contributed by atoms with Gasteiger partial charge in [-0.05, 0) is 44.5 Å². The summed E-state index contributed by atoms with van der Waals surface area (Å²) < 4.78 is 13.9. The highest BCUT2D eigenvalue weighted by molar-refractivity contribution is 5.76. The minimum atomic E-state index is -0.428. The summed E-state index contributed by atoms with van der Waals surface area (Å²) in [6.45, 7) is 4.56. The number of hydrogen-bond donors (Lipinski definition) is 1. The van der Waals surface area contributed by atoms with Crippen LogP contribution >= 0.6 is 0 Å². The van der Waals surface area contributed by atoms with E-state index in [-0.39, 0.29) is 12.5 Å². The number of nitriles is 1. The first-order valence-electron chi connectivity index (χ1n) is 7.31. The van der Waals surface area contributed by atoms with Crippen LogP contribution in [0.2, 0.25) is 0 Å². The van der Waals surface area contributed by atoms with E-state index >= 15 is 0 Å². The SMILES string of the molecule is CCN(Cc1ccc(C#N)cc1F)C(=O)CC1CCNC1. The summed E-state index contributed by atoms with van der Waals surface area (Å²) >= 11 is 0. The van der Waals surface area contributed by atoms with Crippen LogP contribution in [0.25, 0.3) is 0 Å². The molecule has 0 radical (unpaired) electrons. The highest BCUT2D eigenvalue weighted by atomic mass is 19.1. The van der Waals surface area contributed by atoms with Crippen molar-refractivity contribution < 1.29 is 9.18 Å². The molecule has 1 aliphatic rings. The smallest absolute Gasteiger partial charge is 0.223 e. The first-order valence-corrected chi connectivity index (χ1v) is 7.31. The Bertz CT molecular complexity index is 547. The molecule has 1 unspecified atom stereocenters. The molecule has 0 spiro atoms. The Morgan fingerprint density at radius 2 is 2.38 bits per heavy atom. The molecule has 0 aromatic heterocycles. The van der Waals surface area contributed by atoms with Crippen molar-refractivity contribution in [3.8, 4) is 6.07 Å². The molecule has 1 heterocycles. The Balaban J connectivity index is 2.01. The van der Waals surface area contributed by atoms with Gasteiger partial charge in [-0.2, -0.15) is 5.26 Å². The van der Waals surface area contributed by atoms with Gasteiger partial charge in [-0.15, -0.1) is 0 Å². The zero-order chi connectivity index (χ0) is 15.2. The number of carbonyl (C=O) groups is 1. The molecular weight excluding hydrogens is 269 g/mol. The van der Waals surface area contributed by atoms with Crippen molar-refractivity contribution in [2.45, 2.75) is 26.3 Å². The topological polar surface area (TPSA) is 56.1 Å². The minimum absolute atomic E-state index is 0.0648. The lowest BCUT2D eigenvalue weighted by Crippen LogP contribution is -2.32. The van der Waals surface area contributed by atoms with E-state index in [1.54, 1.807) is 17.0 Å². The maximum Gasteiger partial charge on any atom is 0.223 e. The molecule has 1 aromatic rings. The van der Waals surface area contributed by atoms with E-state index in [4.69, 9.17) is 5.26 Å². The van der Waals surface area contributed by atoms with Gasteiger partial charge in [-0.25, -0.2) is 4.39 Å². The summed E-state index contributed by atoms with van der Waals surface area (Å²) in [6.07, 6.45) is 1.53. The van der Waals surface area contributed by atoms with Crippen molar-refractivity contribution in [3.05, 3.63) is 35.1 Å². The van der Waals surface area contributed by atoms with Crippen molar-refractivity contribution in [2.75, 3.05) is 19.6 Å². The van der Waals surface area contributed by atoms with Crippen molar-refractivity contribution in [2.24, 2.45) is 5.92 Å². The van der Waals surface area contributed by atoms with Gasteiger partial charge in [0.15, 0.2) is 0 Å². The van der Waals surface area contributed by atoms with Crippen LogP contribution in [0, 0.1) is 23.1 Å². The van der Waals surface area contributed by atoms with Crippen LogP contribution in [-0.4, -0.2) is 30.4 Å². The van der Waals surface area contributed by atoms with Crippen LogP contribution in [-0.2, 0) is 11.3 Å². The monoisotopic (exact) mass is 289 g/mol. The van der Waals surface area contributed by atoms with Gasteiger partial charge in [0.2, 0.25) is 5.91 Å². The Morgan fingerprint density at radius 1 is 1.57 bits per heavy atom. The zero-order valence-electron chi connectivity index (χ0n) is 12.2. The lowest BCUT2D eigenvalue weighted by Gasteiger charge is -2.22. The molecule has 2 rings (SSSR count). The molecule has 21 heavy (non-hydrogen) atoms. The van der Waals surface area contributed by atoms with Crippen molar-refractivity contribution in [3.63, 3.8) is 0 Å². The van der Waals surface area contributed by atoms with Gasteiger partial charge in [0.05, 0.1) is 11.6 Å². The van der Waals surface area contributed by atoms with Crippen LogP contribution < -0.4 is 5.32 Å². The fourth-order valence-corrected chi connectivity index (χ4v) is 2.59. The number of benzene rings is 1. The molecule has 4 nitrogen and oxygen atoms in total. The van der Waals surface area contributed by atoms with E-state index in [1.165, 1.54) is 6.07 Å². The molecule has 1 aliphatic heterocycles. The molecule has 0 saturated carbocycles. The fourth-order valence-electron chi connectivity index (χ4n) is 2.59. The van der Waals surface area contributed by atoms with Gasteiger partial charge in [0, 0.05) is 25.1 Å². The number of halogens is 1. The Labute approximate surface area is 124 Å². The zero-order valence-corrected chi connectivity index (χ0v) is 12.2. The second-order valence-electron chi connectivity index (χ2n) is 5.39. The van der Waals surface area contributed by atoms with E-state index in [0.717, 1.165) is 19.5 Å². The number of nitrogens with one attached hydrogen (secondary N) is 1. The number of rotatable bonds is 5. The van der Waals surface area contributed by atoms with Crippen LogP contribution in [0.1, 0.15) is 30.9 Å². The van der Waals surface area contributed by atoms with Gasteiger partial charge in [-0.1, -0.05) is 6.07 Å². The number of carbonyl (C=O) groups excluding carboxylic acids is 1. The maximum atomic E-state index is 13.9. The first-order chi connectivity index (χ1) is 10.1. The number of nitrogens with zero attached hydrogens (tertiary/aromatic N) is 2. The average Bonchev–Trinajstić information content (AvgIpc) is 2.98. The summed E-state index contributed by atoms with van der Waals surface area (Å²) in [4.78, 5) is 14.0. The molecular formula is C16H20FN3O. The number of hydrogen-bond acceptors (Lipinski definition) is 3. The predicted octanol–water partition coefficient (Wildman–Crippen LogP) is 2.05. The van der Waals surface area contributed by atoms with E-state index in [1.807, 2.05) is 13.0 Å². The normalized spacial score (nSPS) is 17.5. The molecule has 0 bridgehead atoms. The average molecular weight is 289 g/mol. The highest BCUT2D eigenvalue weighted by Gasteiger charge is 2.21. The molecule has 0 aliphatic carbocycles. The molecule has 1 amide bonds. The van der Waals surface area contributed by atoms with Crippen LogP contribution in [0.15, 0.2) is 18.2 Å². The standard InChI is InChI=1S/C16H20FN3O/c1-2-20(16(21)8-13-5-6-19-10-13)11-14-4-3-12(9-18)7-15(14)17/h3-4,7,13,19H,2,5-6,8,10-11H2,1H3. The quantitative estimate of drug-likeness (QED) is 0.902. The third-order valence-electron chi connectivity index (χ3n) is 3.90. The summed E-state index contributed by atoms with van der Waals surface area (Å²) in [7, 11) is 0. The van der Waals surface area contributed by atoms with Crippen LogP contribution in [0.4, 0.5) is 4.39 Å². The second kappa shape index (κ2) is 7.19. The van der Waals surface area contributed by atoms with E-state index in [0.29, 0.717) is 30.0 Å². The van der Waals surface area contributed by atoms with Crippen LogP contribution in [0.5, 0.6) is 0 Å². The molecule has 112 valence electrons. The Kier molecular flexibility index (Phi) is 5.29. The summed E-state index contributed by atoms with van der Waals surface area (Å²) in [5.74, 6) is 0.0233. The van der Waals surface area contributed by atoms with Gasteiger partial charge in [0.1, 0.15) is 5.82 Å². The van der Waals surface area contributed by atoms with Crippen molar-refractivity contribution in [1.82, 2.24) is 10.2 Å². The Morgan fingerprint density at radius 3 is 2.95 bits per heavy atom. The minimum Gasteiger partial charge on any atom is -0.339 e. The molecule has 5 heteroatoms. The van der Waals surface area contributed by atoms with Crippen molar-refractivity contribution >= 4 is 5.91 Å². The van der Waals surface area contributed by atoms with Gasteiger partial charge < -0.3 is 10.2 Å². The van der Waals surface area contributed by atoms with Crippen molar-refractivity contribution in [1.29, 1.82) is 5.26 Å². The lowest BCUT2D eigenvalue weighted by molar-refractivity contribution is -0.132. The maximum absolute atomic E-state index is 13.9. The molecule has 1 atom stereocenters. The Hall–Kier alpha value is -1.93. The molecule has 1 aromatic carbocycles. The van der Waals surface area contributed by atoms with E-state index in [2.05, 4.69) is 5.32 Å². The summed E-state index contributed by atoms with van der Waals surface area (Å²) in [5, 5.41) is 12.0. The van der Waals surface area contributed by atoms with Gasteiger partial charge in [0.25, 0.3) is 0 Å². The summed E-state index contributed by atoms with van der Waals surface area (Å²) in [6, 6.07) is 6.29. The number of amides is 1. The predicted molar refractivity (Wildman–Crippen MR) is 77.8 cm³/mol.